The maximum Gasteiger partial charge on any atom is 0.407 e. The van der Waals surface area contributed by atoms with Crippen LogP contribution in [-0.2, 0) is 4.74 Å². The topological polar surface area (TPSA) is 47.6 Å². The summed E-state index contributed by atoms with van der Waals surface area (Å²) in [6.07, 6.45) is 1.43. The van der Waals surface area contributed by atoms with Crippen LogP contribution in [0.2, 0.25) is 0 Å². The summed E-state index contributed by atoms with van der Waals surface area (Å²) >= 11 is 0. The van der Waals surface area contributed by atoms with Crippen molar-refractivity contribution in [3.05, 3.63) is 29.3 Å². The average Bonchev–Trinajstić information content (AvgIpc) is 2.52. The van der Waals surface area contributed by atoms with Crippen LogP contribution < -0.4 is 10.1 Å². The van der Waals surface area contributed by atoms with Gasteiger partial charge in [-0.25, -0.2) is 4.79 Å². The fourth-order valence-electron chi connectivity index (χ4n) is 2.16. The number of aryl methyl sites for hydroxylation is 1. The molecule has 4 nitrogen and oxygen atoms in total. The minimum Gasteiger partial charge on any atom is -0.493 e. The summed E-state index contributed by atoms with van der Waals surface area (Å²) in [4.78, 5) is 11.5. The third-order valence-corrected chi connectivity index (χ3v) is 3.00. The maximum absolute atomic E-state index is 11.5. The molecule has 0 fully saturated rings. The van der Waals surface area contributed by atoms with Crippen molar-refractivity contribution >= 4 is 6.09 Å². The molecule has 1 heterocycles. The molecule has 98 valence electrons. The number of rotatable bonds is 2. The molecule has 4 heteroatoms. The Morgan fingerprint density at radius 2 is 2.39 bits per heavy atom. The quantitative estimate of drug-likeness (QED) is 0.876. The largest absolute Gasteiger partial charge is 0.493 e. The van der Waals surface area contributed by atoms with E-state index in [0.717, 1.165) is 29.7 Å². The molecule has 0 aromatic heterocycles. The Hall–Kier alpha value is -1.71. The SMILES string of the molecule is CCOC(=O)NC1CCCOc2ccc(C)cc21. The maximum atomic E-state index is 11.5. The molecule has 0 radical (unpaired) electrons. The van der Waals surface area contributed by atoms with E-state index in [1.165, 1.54) is 0 Å². The highest BCUT2D eigenvalue weighted by Gasteiger charge is 2.21. The van der Waals surface area contributed by atoms with Gasteiger partial charge in [0.05, 0.1) is 19.3 Å². The van der Waals surface area contributed by atoms with E-state index >= 15 is 0 Å². The van der Waals surface area contributed by atoms with Gasteiger partial charge in [-0.3, -0.25) is 0 Å². The third-order valence-electron chi connectivity index (χ3n) is 3.00. The molecule has 0 spiro atoms. The fourth-order valence-corrected chi connectivity index (χ4v) is 2.16. The molecule has 1 unspecified atom stereocenters. The van der Waals surface area contributed by atoms with Gasteiger partial charge in [0.2, 0.25) is 0 Å². The van der Waals surface area contributed by atoms with Crippen LogP contribution in [0.1, 0.15) is 36.9 Å². The van der Waals surface area contributed by atoms with E-state index in [4.69, 9.17) is 9.47 Å². The zero-order valence-electron chi connectivity index (χ0n) is 10.9. The summed E-state index contributed by atoms with van der Waals surface area (Å²) in [5.74, 6) is 0.861. The number of fused-ring (bicyclic) bond motifs is 1. The van der Waals surface area contributed by atoms with Gasteiger partial charge in [-0.2, -0.15) is 0 Å². The van der Waals surface area contributed by atoms with E-state index in [1.807, 2.05) is 19.1 Å². The normalized spacial score (nSPS) is 18.2. The lowest BCUT2D eigenvalue weighted by Gasteiger charge is -2.18. The van der Waals surface area contributed by atoms with Crippen molar-refractivity contribution in [1.29, 1.82) is 0 Å². The Kier molecular flexibility index (Phi) is 4.07. The molecule has 18 heavy (non-hydrogen) atoms. The molecule has 1 aliphatic heterocycles. The fraction of sp³-hybridized carbons (Fsp3) is 0.500. The van der Waals surface area contributed by atoms with Gasteiger partial charge in [0.15, 0.2) is 0 Å². The summed E-state index contributed by atoms with van der Waals surface area (Å²) in [6, 6.07) is 6.03. The van der Waals surface area contributed by atoms with Crippen LogP contribution in [0.3, 0.4) is 0 Å². The van der Waals surface area contributed by atoms with Crippen molar-refractivity contribution in [1.82, 2.24) is 5.32 Å². The van der Waals surface area contributed by atoms with Crippen molar-refractivity contribution in [2.24, 2.45) is 0 Å². The number of hydrogen-bond acceptors (Lipinski definition) is 3. The lowest BCUT2D eigenvalue weighted by Crippen LogP contribution is -2.29. The predicted octanol–water partition coefficient (Wildman–Crippen LogP) is 2.95. The van der Waals surface area contributed by atoms with Crippen LogP contribution in [-0.4, -0.2) is 19.3 Å². The Balaban J connectivity index is 2.20. The number of benzene rings is 1. The molecule has 1 aromatic carbocycles. The van der Waals surface area contributed by atoms with Crippen molar-refractivity contribution in [2.45, 2.75) is 32.7 Å². The molecule has 1 aromatic rings. The first-order valence-electron chi connectivity index (χ1n) is 6.37. The van der Waals surface area contributed by atoms with Gasteiger partial charge in [-0.1, -0.05) is 17.7 Å². The average molecular weight is 249 g/mol. The zero-order valence-corrected chi connectivity index (χ0v) is 10.9. The van der Waals surface area contributed by atoms with Crippen molar-refractivity contribution in [3.8, 4) is 5.75 Å². The summed E-state index contributed by atoms with van der Waals surface area (Å²) in [5, 5.41) is 2.90. The molecule has 1 atom stereocenters. The van der Waals surface area contributed by atoms with E-state index in [-0.39, 0.29) is 12.1 Å². The molecule has 2 rings (SSSR count). The highest BCUT2D eigenvalue weighted by atomic mass is 16.5. The van der Waals surface area contributed by atoms with Gasteiger partial charge >= 0.3 is 6.09 Å². The number of ether oxygens (including phenoxy) is 2. The zero-order chi connectivity index (χ0) is 13.0. The second-order valence-electron chi connectivity index (χ2n) is 4.45. The molecule has 0 bridgehead atoms. The summed E-state index contributed by atoms with van der Waals surface area (Å²) in [5.41, 5.74) is 2.20. The second kappa shape index (κ2) is 5.76. The number of amides is 1. The first kappa shape index (κ1) is 12.7. The highest BCUT2D eigenvalue weighted by molar-refractivity contribution is 5.68. The lowest BCUT2D eigenvalue weighted by atomic mass is 10.0. The molecule has 0 aliphatic carbocycles. The Morgan fingerprint density at radius 3 is 3.17 bits per heavy atom. The number of alkyl carbamates (subject to hydrolysis) is 1. The molecule has 1 aliphatic rings. The Bertz CT molecular complexity index is 431. The molecule has 0 saturated heterocycles. The lowest BCUT2D eigenvalue weighted by molar-refractivity contribution is 0.147. The third kappa shape index (κ3) is 2.94. The van der Waals surface area contributed by atoms with Gasteiger partial charge < -0.3 is 14.8 Å². The van der Waals surface area contributed by atoms with Crippen LogP contribution >= 0.6 is 0 Å². The van der Waals surface area contributed by atoms with E-state index in [2.05, 4.69) is 11.4 Å². The number of nitrogens with one attached hydrogen (secondary N) is 1. The minimum atomic E-state index is -0.364. The predicted molar refractivity (Wildman–Crippen MR) is 68.8 cm³/mol. The standard InChI is InChI=1S/C14H19NO3/c1-3-17-14(16)15-12-5-4-8-18-13-7-6-10(2)9-11(12)13/h6-7,9,12H,3-5,8H2,1-2H3,(H,15,16). The Morgan fingerprint density at radius 1 is 1.56 bits per heavy atom. The first-order valence-corrected chi connectivity index (χ1v) is 6.37. The van der Waals surface area contributed by atoms with Crippen molar-refractivity contribution < 1.29 is 14.3 Å². The van der Waals surface area contributed by atoms with Crippen LogP contribution in [0.25, 0.3) is 0 Å². The van der Waals surface area contributed by atoms with Gasteiger partial charge in [0.1, 0.15) is 5.75 Å². The van der Waals surface area contributed by atoms with Crippen LogP contribution in [0.5, 0.6) is 5.75 Å². The van der Waals surface area contributed by atoms with Gasteiger partial charge in [0, 0.05) is 5.56 Å². The monoisotopic (exact) mass is 249 g/mol. The van der Waals surface area contributed by atoms with Crippen molar-refractivity contribution in [2.75, 3.05) is 13.2 Å². The molecular formula is C14H19NO3. The van der Waals surface area contributed by atoms with Crippen LogP contribution in [0, 0.1) is 6.92 Å². The smallest absolute Gasteiger partial charge is 0.407 e. The highest BCUT2D eigenvalue weighted by Crippen LogP contribution is 2.32. The molecule has 1 N–H and O–H groups in total. The number of carbonyl (C=O) groups is 1. The summed E-state index contributed by atoms with van der Waals surface area (Å²) < 4.78 is 10.6. The Labute approximate surface area is 107 Å². The number of carbonyl (C=O) groups excluding carboxylic acids is 1. The molecule has 0 saturated carbocycles. The van der Waals surface area contributed by atoms with Gasteiger partial charge in [-0.15, -0.1) is 0 Å². The van der Waals surface area contributed by atoms with Crippen molar-refractivity contribution in [3.63, 3.8) is 0 Å². The minimum absolute atomic E-state index is 0.0264. The molecule has 1 amide bonds. The first-order chi connectivity index (χ1) is 8.70. The van der Waals surface area contributed by atoms with Crippen LogP contribution in [0.15, 0.2) is 18.2 Å². The molecular weight excluding hydrogens is 230 g/mol. The van der Waals surface area contributed by atoms with E-state index in [1.54, 1.807) is 6.92 Å². The summed E-state index contributed by atoms with van der Waals surface area (Å²) in [6.45, 7) is 4.91. The second-order valence-corrected chi connectivity index (χ2v) is 4.45. The summed E-state index contributed by atoms with van der Waals surface area (Å²) in [7, 11) is 0. The van der Waals surface area contributed by atoms with Gasteiger partial charge in [-0.05, 0) is 32.8 Å². The number of hydrogen-bond donors (Lipinski definition) is 1. The van der Waals surface area contributed by atoms with E-state index < -0.39 is 0 Å². The van der Waals surface area contributed by atoms with E-state index in [0.29, 0.717) is 13.2 Å². The van der Waals surface area contributed by atoms with E-state index in [9.17, 15) is 4.79 Å². The van der Waals surface area contributed by atoms with Crippen LogP contribution in [0.4, 0.5) is 4.79 Å². The van der Waals surface area contributed by atoms with Gasteiger partial charge in [0.25, 0.3) is 0 Å².